The Bertz CT molecular complexity index is 764. The fraction of sp³-hybridized carbons (Fsp3) is 0.444. The summed E-state index contributed by atoms with van der Waals surface area (Å²) in [5.41, 5.74) is 3.04. The van der Waals surface area contributed by atoms with Crippen LogP contribution in [0.3, 0.4) is 0 Å². The Morgan fingerprint density at radius 3 is 2.54 bits per heavy atom. The van der Waals surface area contributed by atoms with Crippen molar-refractivity contribution in [2.24, 2.45) is 5.41 Å². The first-order valence-electron chi connectivity index (χ1n) is 8.32. The third kappa shape index (κ3) is 2.77. The van der Waals surface area contributed by atoms with E-state index in [1.165, 1.54) is 12.8 Å². The van der Waals surface area contributed by atoms with Crippen LogP contribution in [0.4, 0.5) is 5.82 Å². The number of rotatable bonds is 2. The van der Waals surface area contributed by atoms with Crippen molar-refractivity contribution >= 4 is 29.0 Å². The summed E-state index contributed by atoms with van der Waals surface area (Å²) >= 11 is 12.4. The highest BCUT2D eigenvalue weighted by molar-refractivity contribution is 6.43. The molecular weight excluding hydrogens is 343 g/mol. The topological polar surface area (TPSA) is 41.1 Å². The van der Waals surface area contributed by atoms with Gasteiger partial charge in [-0.1, -0.05) is 35.3 Å². The van der Waals surface area contributed by atoms with E-state index in [1.54, 1.807) is 6.07 Å². The van der Waals surface area contributed by atoms with E-state index in [0.29, 0.717) is 15.5 Å². The van der Waals surface area contributed by atoms with E-state index in [4.69, 9.17) is 28.2 Å². The lowest BCUT2D eigenvalue weighted by molar-refractivity contribution is 0.126. The van der Waals surface area contributed by atoms with E-state index in [9.17, 15) is 0 Å². The first-order chi connectivity index (χ1) is 11.6. The molecule has 2 fully saturated rings. The average molecular weight is 363 g/mol. The maximum atomic E-state index is 6.33. The minimum absolute atomic E-state index is 0.529. The molecule has 6 heteroatoms. The molecule has 0 radical (unpaired) electrons. The molecular formula is C18H20Cl2N4. The number of hydrogen-bond donors (Lipinski definition) is 1. The van der Waals surface area contributed by atoms with Crippen molar-refractivity contribution in [3.05, 3.63) is 40.1 Å². The van der Waals surface area contributed by atoms with Crippen LogP contribution in [0.15, 0.2) is 24.4 Å². The molecule has 2 aromatic rings. The van der Waals surface area contributed by atoms with Gasteiger partial charge in [0.1, 0.15) is 5.82 Å². The molecule has 1 aromatic carbocycles. The van der Waals surface area contributed by atoms with Crippen LogP contribution in [0.25, 0.3) is 11.3 Å². The summed E-state index contributed by atoms with van der Waals surface area (Å²) in [5, 5.41) is 4.47. The smallest absolute Gasteiger partial charge is 0.147 e. The number of aryl methyl sites for hydroxylation is 1. The SMILES string of the molecule is Cc1nc(N2CCC3(CC2)CNC3)cnc1-c1cccc(Cl)c1Cl. The summed E-state index contributed by atoms with van der Waals surface area (Å²) in [4.78, 5) is 11.8. The molecule has 0 amide bonds. The Morgan fingerprint density at radius 2 is 1.92 bits per heavy atom. The second-order valence-electron chi connectivity index (χ2n) is 6.85. The van der Waals surface area contributed by atoms with Gasteiger partial charge >= 0.3 is 0 Å². The van der Waals surface area contributed by atoms with Crippen molar-refractivity contribution in [2.45, 2.75) is 19.8 Å². The van der Waals surface area contributed by atoms with Crippen LogP contribution < -0.4 is 10.2 Å². The van der Waals surface area contributed by atoms with Crippen molar-refractivity contribution < 1.29 is 0 Å². The van der Waals surface area contributed by atoms with Gasteiger partial charge in [-0.05, 0) is 31.2 Å². The lowest BCUT2D eigenvalue weighted by atomic mass is 9.73. The largest absolute Gasteiger partial charge is 0.355 e. The molecule has 1 spiro atoms. The summed E-state index contributed by atoms with van der Waals surface area (Å²) in [6.45, 7) is 6.40. The van der Waals surface area contributed by atoms with Gasteiger partial charge in [0.15, 0.2) is 0 Å². The number of nitrogens with one attached hydrogen (secondary N) is 1. The van der Waals surface area contributed by atoms with Gasteiger partial charge in [-0.2, -0.15) is 0 Å². The van der Waals surface area contributed by atoms with Crippen LogP contribution in [0.1, 0.15) is 18.5 Å². The normalized spacial score (nSPS) is 19.4. The van der Waals surface area contributed by atoms with Gasteiger partial charge in [0, 0.05) is 31.7 Å². The van der Waals surface area contributed by atoms with E-state index in [0.717, 1.165) is 48.9 Å². The summed E-state index contributed by atoms with van der Waals surface area (Å²) in [5.74, 6) is 0.955. The highest BCUT2D eigenvalue weighted by atomic mass is 35.5. The number of aromatic nitrogens is 2. The molecule has 24 heavy (non-hydrogen) atoms. The molecule has 0 aliphatic carbocycles. The van der Waals surface area contributed by atoms with Crippen LogP contribution in [0.2, 0.25) is 10.0 Å². The Labute approximate surface area is 152 Å². The zero-order valence-electron chi connectivity index (χ0n) is 13.6. The molecule has 2 saturated heterocycles. The maximum absolute atomic E-state index is 6.33. The van der Waals surface area contributed by atoms with Gasteiger partial charge in [-0.3, -0.25) is 4.98 Å². The highest BCUT2D eigenvalue weighted by Gasteiger charge is 2.39. The number of piperidine rings is 1. The number of benzene rings is 1. The fourth-order valence-corrected chi connectivity index (χ4v) is 4.01. The van der Waals surface area contributed by atoms with Crippen LogP contribution in [-0.4, -0.2) is 36.1 Å². The molecule has 0 bridgehead atoms. The quantitative estimate of drug-likeness (QED) is 0.877. The predicted molar refractivity (Wildman–Crippen MR) is 99.0 cm³/mol. The molecule has 4 nitrogen and oxygen atoms in total. The maximum Gasteiger partial charge on any atom is 0.147 e. The Balaban J connectivity index is 1.57. The van der Waals surface area contributed by atoms with Crippen LogP contribution in [-0.2, 0) is 0 Å². The van der Waals surface area contributed by atoms with E-state index in [2.05, 4.69) is 15.2 Å². The first-order valence-corrected chi connectivity index (χ1v) is 9.07. The van der Waals surface area contributed by atoms with Crippen molar-refractivity contribution in [3.8, 4) is 11.3 Å². The van der Waals surface area contributed by atoms with Gasteiger partial charge in [0.05, 0.1) is 27.6 Å². The van der Waals surface area contributed by atoms with Crippen LogP contribution in [0, 0.1) is 12.3 Å². The monoisotopic (exact) mass is 362 g/mol. The number of halogens is 2. The summed E-state index contributed by atoms with van der Waals surface area (Å²) < 4.78 is 0. The molecule has 1 N–H and O–H groups in total. The Hall–Kier alpha value is -1.36. The highest BCUT2D eigenvalue weighted by Crippen LogP contribution is 2.37. The average Bonchev–Trinajstić information content (AvgIpc) is 2.56. The van der Waals surface area contributed by atoms with Gasteiger partial charge in [-0.25, -0.2) is 4.98 Å². The van der Waals surface area contributed by atoms with E-state index in [1.807, 2.05) is 25.3 Å². The molecule has 1 aromatic heterocycles. The number of nitrogens with zero attached hydrogens (tertiary/aromatic N) is 3. The standard InChI is InChI=1S/C18H20Cl2N4/c1-12-17(13-3-2-4-14(19)16(13)20)22-9-15(23-12)24-7-5-18(6-8-24)10-21-11-18/h2-4,9,21H,5-8,10-11H2,1H3. The summed E-state index contributed by atoms with van der Waals surface area (Å²) in [7, 11) is 0. The van der Waals surface area contributed by atoms with Gasteiger partial charge in [-0.15, -0.1) is 0 Å². The minimum atomic E-state index is 0.529. The molecule has 3 heterocycles. The van der Waals surface area contributed by atoms with Crippen molar-refractivity contribution in [2.75, 3.05) is 31.1 Å². The lowest BCUT2D eigenvalue weighted by Gasteiger charge is -2.48. The molecule has 0 atom stereocenters. The third-order valence-electron chi connectivity index (χ3n) is 5.29. The van der Waals surface area contributed by atoms with Gasteiger partial charge in [0.25, 0.3) is 0 Å². The van der Waals surface area contributed by atoms with E-state index < -0.39 is 0 Å². The molecule has 0 saturated carbocycles. The Kier molecular flexibility index (Phi) is 4.15. The first kappa shape index (κ1) is 16.1. The van der Waals surface area contributed by atoms with Crippen molar-refractivity contribution in [3.63, 3.8) is 0 Å². The van der Waals surface area contributed by atoms with E-state index >= 15 is 0 Å². The van der Waals surface area contributed by atoms with Crippen molar-refractivity contribution in [1.29, 1.82) is 0 Å². The van der Waals surface area contributed by atoms with Crippen molar-refractivity contribution in [1.82, 2.24) is 15.3 Å². The van der Waals surface area contributed by atoms with Gasteiger partial charge < -0.3 is 10.2 Å². The van der Waals surface area contributed by atoms with Crippen LogP contribution in [0.5, 0.6) is 0 Å². The second kappa shape index (κ2) is 6.17. The molecule has 2 aliphatic heterocycles. The fourth-order valence-electron chi connectivity index (χ4n) is 3.62. The number of hydrogen-bond acceptors (Lipinski definition) is 4. The predicted octanol–water partition coefficient (Wildman–Crippen LogP) is 3.95. The summed E-state index contributed by atoms with van der Waals surface area (Å²) in [6, 6.07) is 5.60. The van der Waals surface area contributed by atoms with Gasteiger partial charge in [0.2, 0.25) is 0 Å². The zero-order chi connectivity index (χ0) is 16.7. The lowest BCUT2D eigenvalue weighted by Crippen LogP contribution is -2.58. The van der Waals surface area contributed by atoms with E-state index in [-0.39, 0.29) is 0 Å². The zero-order valence-corrected chi connectivity index (χ0v) is 15.2. The summed E-state index contributed by atoms with van der Waals surface area (Å²) in [6.07, 6.45) is 4.31. The minimum Gasteiger partial charge on any atom is -0.355 e. The second-order valence-corrected chi connectivity index (χ2v) is 7.64. The van der Waals surface area contributed by atoms with Crippen LogP contribution >= 0.6 is 23.2 Å². The Morgan fingerprint density at radius 1 is 1.17 bits per heavy atom. The molecule has 4 rings (SSSR count). The molecule has 126 valence electrons. The third-order valence-corrected chi connectivity index (χ3v) is 6.11. The number of anilines is 1. The molecule has 0 unspecified atom stereocenters. The molecule has 2 aliphatic rings.